The number of nitrogens with one attached hydrogen (secondary N) is 1. The Hall–Kier alpha value is -3.14. The summed E-state index contributed by atoms with van der Waals surface area (Å²) in [6.07, 6.45) is 4.17. The Labute approximate surface area is 168 Å². The largest absolute Gasteiger partial charge is 0.502 e. The molecule has 10 heteroatoms. The van der Waals surface area contributed by atoms with Crippen molar-refractivity contribution < 1.29 is 23.2 Å². The maximum absolute atomic E-state index is 12.6. The molecule has 1 aliphatic heterocycles. The maximum Gasteiger partial charge on any atom is 0.312 e. The Morgan fingerprint density at radius 2 is 1.66 bits per heavy atom. The molecule has 154 valence electrons. The molecule has 0 bridgehead atoms. The number of phenolic OH excluding ortho intramolecular Hbond substituents is 1. The molecular formula is C19H21N3O6S. The van der Waals surface area contributed by atoms with Crippen LogP contribution in [0.3, 0.4) is 0 Å². The summed E-state index contributed by atoms with van der Waals surface area (Å²) in [5, 5.41) is 20.4. The summed E-state index contributed by atoms with van der Waals surface area (Å²) in [5.41, 5.74) is -0.0190. The van der Waals surface area contributed by atoms with E-state index in [2.05, 4.69) is 4.72 Å². The van der Waals surface area contributed by atoms with Crippen LogP contribution in [0.15, 0.2) is 47.4 Å². The minimum atomic E-state index is -4.11. The van der Waals surface area contributed by atoms with E-state index in [1.165, 1.54) is 12.1 Å². The molecule has 0 aliphatic carbocycles. The lowest BCUT2D eigenvalue weighted by atomic mass is 10.2. The molecule has 1 saturated heterocycles. The number of amides is 1. The van der Waals surface area contributed by atoms with E-state index in [4.69, 9.17) is 0 Å². The average Bonchev–Trinajstić information content (AvgIpc) is 2.97. The van der Waals surface area contributed by atoms with Gasteiger partial charge in [-0.2, -0.15) is 0 Å². The van der Waals surface area contributed by atoms with Crippen molar-refractivity contribution in [3.8, 4) is 5.75 Å². The van der Waals surface area contributed by atoms with E-state index in [0.717, 1.165) is 43.9 Å². The second-order valence-corrected chi connectivity index (χ2v) is 8.48. The van der Waals surface area contributed by atoms with Gasteiger partial charge < -0.3 is 10.0 Å². The van der Waals surface area contributed by atoms with Gasteiger partial charge in [0.1, 0.15) is 0 Å². The van der Waals surface area contributed by atoms with Crippen molar-refractivity contribution in [2.45, 2.75) is 30.6 Å². The second kappa shape index (κ2) is 8.48. The predicted molar refractivity (Wildman–Crippen MR) is 106 cm³/mol. The molecule has 0 unspecified atom stereocenters. The quantitative estimate of drug-likeness (QED) is 0.566. The number of anilines is 1. The summed E-state index contributed by atoms with van der Waals surface area (Å²) in [5.74, 6) is -0.708. The number of carbonyl (C=O) groups is 1. The van der Waals surface area contributed by atoms with Gasteiger partial charge in [0, 0.05) is 30.4 Å². The van der Waals surface area contributed by atoms with Crippen LogP contribution in [-0.2, 0) is 10.0 Å². The fourth-order valence-corrected chi connectivity index (χ4v) is 4.25. The van der Waals surface area contributed by atoms with E-state index >= 15 is 0 Å². The summed E-state index contributed by atoms with van der Waals surface area (Å²) in [7, 11) is -4.11. The van der Waals surface area contributed by atoms with E-state index in [0.29, 0.717) is 18.7 Å². The van der Waals surface area contributed by atoms with Gasteiger partial charge in [-0.3, -0.25) is 19.6 Å². The Morgan fingerprint density at radius 1 is 1.03 bits per heavy atom. The number of carbonyl (C=O) groups excluding carboxylic acids is 1. The molecular weight excluding hydrogens is 398 g/mol. The molecule has 1 heterocycles. The monoisotopic (exact) mass is 419 g/mol. The molecule has 0 radical (unpaired) electrons. The van der Waals surface area contributed by atoms with E-state index in [1.807, 2.05) is 4.90 Å². The molecule has 0 atom stereocenters. The number of rotatable bonds is 5. The fraction of sp³-hybridized carbons (Fsp3) is 0.316. The lowest BCUT2D eigenvalue weighted by Gasteiger charge is -2.20. The number of phenols is 1. The first-order valence-corrected chi connectivity index (χ1v) is 10.7. The highest BCUT2D eigenvalue weighted by Gasteiger charge is 2.22. The predicted octanol–water partition coefficient (Wildman–Crippen LogP) is 3.12. The Morgan fingerprint density at radius 3 is 2.24 bits per heavy atom. The van der Waals surface area contributed by atoms with Crippen molar-refractivity contribution in [2.24, 2.45) is 0 Å². The summed E-state index contributed by atoms with van der Waals surface area (Å²) >= 11 is 0. The topological polar surface area (TPSA) is 130 Å². The maximum atomic E-state index is 12.6. The summed E-state index contributed by atoms with van der Waals surface area (Å²) < 4.78 is 27.3. The standard InChI is InChI=1S/C19H21N3O6S/c23-18-10-9-16(13-17(18)22(25)26)29(27,28)20-15-7-5-14(6-8-15)19(24)21-11-3-1-2-4-12-21/h5-10,13,20,23H,1-4,11-12H2. The molecule has 29 heavy (non-hydrogen) atoms. The number of hydrogen-bond acceptors (Lipinski definition) is 6. The van der Waals surface area contributed by atoms with E-state index in [-0.39, 0.29) is 16.5 Å². The third-order valence-electron chi connectivity index (χ3n) is 4.73. The summed E-state index contributed by atoms with van der Waals surface area (Å²) in [6, 6.07) is 8.84. The Balaban J connectivity index is 1.76. The van der Waals surface area contributed by atoms with E-state index in [1.54, 1.807) is 12.1 Å². The van der Waals surface area contributed by atoms with Crippen LogP contribution in [0.1, 0.15) is 36.0 Å². The molecule has 1 fully saturated rings. The molecule has 1 aliphatic rings. The number of nitro groups is 1. The molecule has 0 saturated carbocycles. The van der Waals surface area contributed by atoms with Crippen LogP contribution in [0.5, 0.6) is 5.75 Å². The van der Waals surface area contributed by atoms with Crippen LogP contribution in [0.25, 0.3) is 0 Å². The Kier molecular flexibility index (Phi) is 6.02. The number of hydrogen-bond donors (Lipinski definition) is 2. The first kappa shape index (κ1) is 20.6. The van der Waals surface area contributed by atoms with Crippen LogP contribution in [-0.4, -0.2) is 42.3 Å². The second-order valence-electron chi connectivity index (χ2n) is 6.80. The first-order chi connectivity index (χ1) is 13.8. The lowest BCUT2D eigenvalue weighted by molar-refractivity contribution is -0.386. The van der Waals surface area contributed by atoms with Gasteiger partial charge in [0.15, 0.2) is 5.75 Å². The third-order valence-corrected chi connectivity index (χ3v) is 6.11. The summed E-state index contributed by atoms with van der Waals surface area (Å²) in [6.45, 7) is 1.43. The zero-order valence-electron chi connectivity index (χ0n) is 15.6. The molecule has 2 aromatic carbocycles. The van der Waals surface area contributed by atoms with Crippen molar-refractivity contribution in [1.82, 2.24) is 4.90 Å². The molecule has 2 N–H and O–H groups in total. The zero-order valence-corrected chi connectivity index (χ0v) is 16.4. The van der Waals surface area contributed by atoms with Gasteiger partial charge in [0.25, 0.3) is 15.9 Å². The SMILES string of the molecule is O=C(c1ccc(NS(=O)(=O)c2ccc(O)c([N+](=O)[O-])c2)cc1)N1CCCCCC1. The van der Waals surface area contributed by atoms with E-state index in [9.17, 15) is 28.4 Å². The van der Waals surface area contributed by atoms with Gasteiger partial charge in [0.05, 0.1) is 9.82 Å². The number of nitro benzene ring substituents is 1. The van der Waals surface area contributed by atoms with Crippen LogP contribution in [0.4, 0.5) is 11.4 Å². The lowest BCUT2D eigenvalue weighted by Crippen LogP contribution is -2.31. The highest BCUT2D eigenvalue weighted by Crippen LogP contribution is 2.29. The fourth-order valence-electron chi connectivity index (χ4n) is 3.17. The molecule has 3 rings (SSSR count). The number of likely N-dealkylation sites (tertiary alicyclic amines) is 1. The molecule has 0 spiro atoms. The van der Waals surface area contributed by atoms with Crippen molar-refractivity contribution in [1.29, 1.82) is 0 Å². The normalized spacial score (nSPS) is 14.8. The number of benzene rings is 2. The number of sulfonamides is 1. The first-order valence-electron chi connectivity index (χ1n) is 9.17. The van der Waals surface area contributed by atoms with Crippen molar-refractivity contribution in [3.05, 3.63) is 58.1 Å². The highest BCUT2D eigenvalue weighted by atomic mass is 32.2. The Bertz CT molecular complexity index is 1010. The minimum absolute atomic E-state index is 0.0875. The number of aromatic hydroxyl groups is 1. The van der Waals surface area contributed by atoms with Crippen molar-refractivity contribution >= 4 is 27.3 Å². The summed E-state index contributed by atoms with van der Waals surface area (Å²) in [4.78, 5) is 24.1. The highest BCUT2D eigenvalue weighted by molar-refractivity contribution is 7.92. The van der Waals surface area contributed by atoms with E-state index < -0.39 is 26.4 Å². The van der Waals surface area contributed by atoms with Crippen LogP contribution in [0.2, 0.25) is 0 Å². The third kappa shape index (κ3) is 4.83. The molecule has 9 nitrogen and oxygen atoms in total. The molecule has 1 amide bonds. The smallest absolute Gasteiger partial charge is 0.312 e. The van der Waals surface area contributed by atoms with Gasteiger partial charge >= 0.3 is 5.69 Å². The van der Waals surface area contributed by atoms with Crippen LogP contribution in [0, 0.1) is 10.1 Å². The van der Waals surface area contributed by atoms with Crippen LogP contribution >= 0.6 is 0 Å². The molecule has 2 aromatic rings. The van der Waals surface area contributed by atoms with Gasteiger partial charge in [-0.25, -0.2) is 8.42 Å². The van der Waals surface area contributed by atoms with Crippen molar-refractivity contribution in [3.63, 3.8) is 0 Å². The van der Waals surface area contributed by atoms with Crippen molar-refractivity contribution in [2.75, 3.05) is 17.8 Å². The number of nitrogens with zero attached hydrogens (tertiary/aromatic N) is 2. The van der Waals surface area contributed by atoms with Gasteiger partial charge in [-0.05, 0) is 49.2 Å². The minimum Gasteiger partial charge on any atom is -0.502 e. The van der Waals surface area contributed by atoms with Crippen LogP contribution < -0.4 is 4.72 Å². The average molecular weight is 419 g/mol. The van der Waals surface area contributed by atoms with Gasteiger partial charge in [-0.15, -0.1) is 0 Å². The van der Waals surface area contributed by atoms with Gasteiger partial charge in [0.2, 0.25) is 0 Å². The van der Waals surface area contributed by atoms with Gasteiger partial charge in [-0.1, -0.05) is 12.8 Å². The zero-order chi connectivity index (χ0) is 21.0. The molecule has 0 aromatic heterocycles.